The second-order valence-corrected chi connectivity index (χ2v) is 5.92. The highest BCUT2D eigenvalue weighted by Crippen LogP contribution is 2.28. The maximum absolute atomic E-state index is 11.4. The van der Waals surface area contributed by atoms with Gasteiger partial charge in [0.2, 0.25) is 0 Å². The van der Waals surface area contributed by atoms with Gasteiger partial charge in [-0.05, 0) is 18.2 Å². The molecule has 0 amide bonds. The van der Waals surface area contributed by atoms with Crippen LogP contribution in [0.2, 0.25) is 5.02 Å². The normalized spacial score (nSPS) is 11.6. The van der Waals surface area contributed by atoms with E-state index >= 15 is 0 Å². The Balaban J connectivity index is 2.52. The fourth-order valence-corrected chi connectivity index (χ4v) is 2.71. The third kappa shape index (κ3) is 2.42. The molecular weight excluding hydrogens is 264 g/mol. The Morgan fingerprint density at radius 1 is 1.35 bits per heavy atom. The van der Waals surface area contributed by atoms with Gasteiger partial charge in [-0.25, -0.2) is 8.42 Å². The maximum atomic E-state index is 11.4. The predicted octanol–water partition coefficient (Wildman–Crippen LogP) is 1.98. The topological polar surface area (TPSA) is 86.2 Å². The highest BCUT2D eigenvalue weighted by molar-refractivity contribution is 7.90. The molecule has 17 heavy (non-hydrogen) atoms. The summed E-state index contributed by atoms with van der Waals surface area (Å²) in [6.45, 7) is 0. The summed E-state index contributed by atoms with van der Waals surface area (Å²) in [7, 11) is -3.33. The molecule has 0 aliphatic heterocycles. The number of halogens is 1. The number of nitrogens with two attached hydrogens (primary N) is 1. The predicted molar refractivity (Wildman–Crippen MR) is 64.5 cm³/mol. The Hall–Kier alpha value is -1.53. The van der Waals surface area contributed by atoms with Crippen LogP contribution in [0.5, 0.6) is 0 Å². The zero-order chi connectivity index (χ0) is 12.6. The van der Waals surface area contributed by atoms with Gasteiger partial charge in [0.05, 0.1) is 9.92 Å². The minimum absolute atomic E-state index is 0.0791. The second-order valence-electron chi connectivity index (χ2n) is 3.53. The Kier molecular flexibility index (Phi) is 2.84. The molecule has 0 fully saturated rings. The summed E-state index contributed by atoms with van der Waals surface area (Å²) in [4.78, 5) is 0.0791. The van der Waals surface area contributed by atoms with Gasteiger partial charge >= 0.3 is 0 Å². The first-order valence-corrected chi connectivity index (χ1v) is 6.87. The molecule has 0 bridgehead atoms. The third-order valence-electron chi connectivity index (χ3n) is 2.14. The first kappa shape index (κ1) is 11.9. The first-order chi connectivity index (χ1) is 7.88. The van der Waals surface area contributed by atoms with Crippen LogP contribution in [-0.4, -0.2) is 19.8 Å². The van der Waals surface area contributed by atoms with Crippen molar-refractivity contribution in [1.82, 2.24) is 5.16 Å². The van der Waals surface area contributed by atoms with Crippen molar-refractivity contribution in [3.63, 3.8) is 0 Å². The number of hydrogen-bond acceptors (Lipinski definition) is 5. The molecule has 0 aliphatic rings. The molecule has 7 heteroatoms. The van der Waals surface area contributed by atoms with Gasteiger partial charge < -0.3 is 10.3 Å². The summed E-state index contributed by atoms with van der Waals surface area (Å²) < 4.78 is 27.7. The molecule has 0 saturated carbocycles. The molecule has 2 rings (SSSR count). The molecule has 1 aromatic carbocycles. The highest BCUT2D eigenvalue weighted by Gasteiger charge is 2.14. The van der Waals surface area contributed by atoms with Gasteiger partial charge in [0.15, 0.2) is 21.4 Å². The van der Waals surface area contributed by atoms with Gasteiger partial charge in [0, 0.05) is 17.9 Å². The number of sulfone groups is 1. The number of rotatable bonds is 2. The van der Waals surface area contributed by atoms with Crippen LogP contribution in [0.4, 0.5) is 5.82 Å². The van der Waals surface area contributed by atoms with E-state index < -0.39 is 9.84 Å². The Morgan fingerprint density at radius 2 is 2.06 bits per heavy atom. The molecule has 2 N–H and O–H groups in total. The minimum atomic E-state index is -3.33. The summed E-state index contributed by atoms with van der Waals surface area (Å²) in [6.07, 6.45) is 1.10. The smallest absolute Gasteiger partial charge is 0.176 e. The van der Waals surface area contributed by atoms with Crippen molar-refractivity contribution in [1.29, 1.82) is 0 Å². The van der Waals surface area contributed by atoms with E-state index in [1.165, 1.54) is 18.2 Å². The zero-order valence-electron chi connectivity index (χ0n) is 8.84. The van der Waals surface area contributed by atoms with Gasteiger partial charge in [-0.2, -0.15) is 0 Å². The summed E-state index contributed by atoms with van der Waals surface area (Å²) in [6, 6.07) is 6.04. The van der Waals surface area contributed by atoms with Crippen molar-refractivity contribution >= 4 is 27.3 Å². The van der Waals surface area contributed by atoms with E-state index in [2.05, 4.69) is 5.16 Å². The lowest BCUT2D eigenvalue weighted by Gasteiger charge is -2.03. The monoisotopic (exact) mass is 272 g/mol. The molecule has 0 atom stereocenters. The molecule has 2 aromatic rings. The van der Waals surface area contributed by atoms with E-state index in [4.69, 9.17) is 21.9 Å². The number of anilines is 1. The first-order valence-electron chi connectivity index (χ1n) is 4.60. The minimum Gasteiger partial charge on any atom is -0.381 e. The second kappa shape index (κ2) is 4.05. The van der Waals surface area contributed by atoms with Crippen LogP contribution in [0.3, 0.4) is 0 Å². The van der Waals surface area contributed by atoms with Crippen LogP contribution in [0.15, 0.2) is 33.7 Å². The van der Waals surface area contributed by atoms with E-state index in [1.807, 2.05) is 0 Å². The van der Waals surface area contributed by atoms with E-state index in [-0.39, 0.29) is 15.7 Å². The quantitative estimate of drug-likeness (QED) is 0.903. The summed E-state index contributed by atoms with van der Waals surface area (Å²) in [5.74, 6) is 0.688. The van der Waals surface area contributed by atoms with Gasteiger partial charge in [-0.15, -0.1) is 0 Å². The Labute approximate surface area is 103 Å². The highest BCUT2D eigenvalue weighted by atomic mass is 35.5. The van der Waals surface area contributed by atoms with Crippen LogP contribution < -0.4 is 5.73 Å². The van der Waals surface area contributed by atoms with E-state index in [0.717, 1.165) is 6.26 Å². The average molecular weight is 273 g/mol. The molecule has 5 nitrogen and oxygen atoms in total. The molecule has 0 saturated heterocycles. The largest absolute Gasteiger partial charge is 0.381 e. The number of hydrogen-bond donors (Lipinski definition) is 1. The molecule has 1 aromatic heterocycles. The van der Waals surface area contributed by atoms with Crippen LogP contribution in [0.25, 0.3) is 11.3 Å². The number of nitrogen functional groups attached to an aromatic ring is 1. The molecule has 0 spiro atoms. The lowest BCUT2D eigenvalue weighted by molar-refractivity contribution is 0.436. The third-order valence-corrected chi connectivity index (χ3v) is 3.72. The van der Waals surface area contributed by atoms with Crippen molar-refractivity contribution < 1.29 is 12.9 Å². The fraction of sp³-hybridized carbons (Fsp3) is 0.100. The Morgan fingerprint density at radius 3 is 2.53 bits per heavy atom. The van der Waals surface area contributed by atoms with Gasteiger partial charge in [-0.1, -0.05) is 16.8 Å². The molecule has 1 heterocycles. The van der Waals surface area contributed by atoms with Gasteiger partial charge in [-0.3, -0.25) is 0 Å². The van der Waals surface area contributed by atoms with Crippen LogP contribution in [-0.2, 0) is 9.84 Å². The fourth-order valence-electron chi connectivity index (χ4n) is 1.38. The lowest BCUT2D eigenvalue weighted by Crippen LogP contribution is -1.97. The molecular formula is C10H9ClN2O3S. The van der Waals surface area contributed by atoms with Gasteiger partial charge in [0.25, 0.3) is 0 Å². The van der Waals surface area contributed by atoms with Gasteiger partial charge in [0.1, 0.15) is 0 Å². The SMILES string of the molecule is CS(=O)(=O)c1ccc(-c2cc(N)no2)cc1Cl. The van der Waals surface area contributed by atoms with E-state index in [0.29, 0.717) is 11.3 Å². The van der Waals surface area contributed by atoms with Crippen LogP contribution in [0.1, 0.15) is 0 Å². The summed E-state index contributed by atoms with van der Waals surface area (Å²) in [5.41, 5.74) is 6.04. The van der Waals surface area contributed by atoms with E-state index in [9.17, 15) is 8.42 Å². The average Bonchev–Trinajstić information content (AvgIpc) is 2.62. The van der Waals surface area contributed by atoms with Crippen LogP contribution in [0, 0.1) is 0 Å². The van der Waals surface area contributed by atoms with Crippen molar-refractivity contribution in [2.75, 3.05) is 12.0 Å². The molecule has 0 unspecified atom stereocenters. The van der Waals surface area contributed by atoms with Crippen molar-refractivity contribution in [3.05, 3.63) is 29.3 Å². The molecule has 0 aliphatic carbocycles. The lowest BCUT2D eigenvalue weighted by atomic mass is 10.2. The van der Waals surface area contributed by atoms with Crippen molar-refractivity contribution in [2.45, 2.75) is 4.90 Å². The van der Waals surface area contributed by atoms with E-state index in [1.54, 1.807) is 6.07 Å². The maximum Gasteiger partial charge on any atom is 0.176 e. The molecule has 90 valence electrons. The molecule has 0 radical (unpaired) electrons. The van der Waals surface area contributed by atoms with Crippen molar-refractivity contribution in [2.24, 2.45) is 0 Å². The standard InChI is InChI=1S/C10H9ClN2O3S/c1-17(14,15)9-3-2-6(4-7(9)11)8-5-10(12)13-16-8/h2-5H,1H3,(H2,12,13). The summed E-state index contributed by atoms with van der Waals surface area (Å²) >= 11 is 5.90. The number of nitrogens with zero attached hydrogens (tertiary/aromatic N) is 1. The Bertz CT molecular complexity index is 664. The zero-order valence-corrected chi connectivity index (χ0v) is 10.4. The summed E-state index contributed by atoms with van der Waals surface area (Å²) in [5, 5.41) is 3.67. The van der Waals surface area contributed by atoms with Crippen molar-refractivity contribution in [3.8, 4) is 11.3 Å². The number of benzene rings is 1. The number of aromatic nitrogens is 1. The van der Waals surface area contributed by atoms with Crippen LogP contribution >= 0.6 is 11.6 Å².